The maximum Gasteiger partial charge on any atom is 0.196 e. The van der Waals surface area contributed by atoms with Gasteiger partial charge in [0.1, 0.15) is 5.75 Å². The number of aromatic hydroxyl groups is 1. The van der Waals surface area contributed by atoms with E-state index in [1.54, 1.807) is 12.1 Å². The van der Waals surface area contributed by atoms with Gasteiger partial charge in [-0.3, -0.25) is 4.79 Å². The lowest BCUT2D eigenvalue weighted by Crippen LogP contribution is -2.13. The molecule has 0 aliphatic heterocycles. The van der Waals surface area contributed by atoms with Crippen LogP contribution in [0.2, 0.25) is 0 Å². The molecule has 0 unspecified atom stereocenters. The Morgan fingerprint density at radius 3 is 2.32 bits per heavy atom. The molecule has 0 saturated heterocycles. The van der Waals surface area contributed by atoms with Gasteiger partial charge in [0.25, 0.3) is 0 Å². The zero-order valence-electron chi connectivity index (χ0n) is 17.9. The fourth-order valence-electron chi connectivity index (χ4n) is 3.34. The third-order valence-electron chi connectivity index (χ3n) is 5.10. The third kappa shape index (κ3) is 5.98. The van der Waals surface area contributed by atoms with Gasteiger partial charge in [0.05, 0.1) is 10.9 Å². The van der Waals surface area contributed by atoms with Crippen LogP contribution < -0.4 is 5.43 Å². The predicted molar refractivity (Wildman–Crippen MR) is 120 cm³/mol. The molecule has 2 aromatic rings. The number of phenols is 1. The highest BCUT2D eigenvalue weighted by Gasteiger charge is 2.11. The average molecular weight is 380 g/mol. The first-order valence-electron chi connectivity index (χ1n) is 10.1. The molecule has 2 rings (SSSR count). The summed E-state index contributed by atoms with van der Waals surface area (Å²) in [7, 11) is 0. The van der Waals surface area contributed by atoms with Crippen molar-refractivity contribution in [3.63, 3.8) is 0 Å². The summed E-state index contributed by atoms with van der Waals surface area (Å²) in [5.74, 6) is 0.0365. The van der Waals surface area contributed by atoms with E-state index in [2.05, 4.69) is 50.9 Å². The number of allylic oxidation sites excluding steroid dienone is 6. The number of benzene rings is 1. The number of pyridine rings is 1. The number of H-pyrrole nitrogens is 1. The quantitative estimate of drug-likeness (QED) is 0.514. The molecule has 0 aliphatic rings. The maximum atomic E-state index is 12.8. The summed E-state index contributed by atoms with van der Waals surface area (Å²) in [6, 6.07) is 5.12. The number of aromatic amines is 1. The molecule has 150 valence electrons. The van der Waals surface area contributed by atoms with Gasteiger partial charge in [0.15, 0.2) is 5.43 Å². The Kier molecular flexibility index (Phi) is 7.86. The third-order valence-corrected chi connectivity index (χ3v) is 5.10. The SMILES string of the molecule is CC(C)=CCC/C(C)=C/CC/C(C)=C/Cc1c(C)[nH]c2cccc(O)c2c1=O. The number of aromatic nitrogens is 1. The van der Waals surface area contributed by atoms with Crippen LogP contribution in [0.3, 0.4) is 0 Å². The molecule has 0 fully saturated rings. The van der Waals surface area contributed by atoms with Crippen LogP contribution in [0, 0.1) is 6.92 Å². The van der Waals surface area contributed by atoms with Crippen molar-refractivity contribution in [3.8, 4) is 5.75 Å². The van der Waals surface area contributed by atoms with Gasteiger partial charge in [-0.2, -0.15) is 0 Å². The molecule has 1 aromatic carbocycles. The molecule has 0 aliphatic carbocycles. The van der Waals surface area contributed by atoms with Gasteiger partial charge in [-0.1, -0.05) is 41.0 Å². The van der Waals surface area contributed by atoms with E-state index < -0.39 is 0 Å². The van der Waals surface area contributed by atoms with E-state index in [1.807, 2.05) is 13.0 Å². The van der Waals surface area contributed by atoms with Gasteiger partial charge in [-0.05, 0) is 78.9 Å². The minimum atomic E-state index is -0.0802. The highest BCUT2D eigenvalue weighted by Crippen LogP contribution is 2.21. The minimum absolute atomic E-state index is 0.0365. The Labute approximate surface area is 168 Å². The van der Waals surface area contributed by atoms with Gasteiger partial charge in [0.2, 0.25) is 0 Å². The summed E-state index contributed by atoms with van der Waals surface area (Å²) >= 11 is 0. The zero-order chi connectivity index (χ0) is 20.7. The molecule has 0 spiro atoms. The predicted octanol–water partition coefficient (Wildman–Crippen LogP) is 6.50. The number of hydrogen-bond acceptors (Lipinski definition) is 2. The van der Waals surface area contributed by atoms with Gasteiger partial charge in [-0.15, -0.1) is 0 Å². The van der Waals surface area contributed by atoms with E-state index in [0.717, 1.165) is 36.9 Å². The Morgan fingerprint density at radius 1 is 1.00 bits per heavy atom. The van der Waals surface area contributed by atoms with E-state index in [9.17, 15) is 9.90 Å². The monoisotopic (exact) mass is 379 g/mol. The Balaban J connectivity index is 2.02. The summed E-state index contributed by atoms with van der Waals surface area (Å²) in [5, 5.41) is 10.4. The zero-order valence-corrected chi connectivity index (χ0v) is 17.9. The van der Waals surface area contributed by atoms with Crippen molar-refractivity contribution in [1.29, 1.82) is 0 Å². The first kappa shape index (κ1) is 21.7. The van der Waals surface area contributed by atoms with Crippen LogP contribution in [0.4, 0.5) is 0 Å². The molecule has 0 amide bonds. The smallest absolute Gasteiger partial charge is 0.196 e. The number of rotatable bonds is 8. The van der Waals surface area contributed by atoms with E-state index in [1.165, 1.54) is 16.7 Å². The second-order valence-electron chi connectivity index (χ2n) is 7.92. The van der Waals surface area contributed by atoms with Crippen LogP contribution in [0.25, 0.3) is 10.9 Å². The molecule has 1 heterocycles. The van der Waals surface area contributed by atoms with Crippen LogP contribution in [-0.4, -0.2) is 10.1 Å². The first-order chi connectivity index (χ1) is 13.3. The van der Waals surface area contributed by atoms with E-state index in [-0.39, 0.29) is 11.2 Å². The summed E-state index contributed by atoms with van der Waals surface area (Å²) in [6.07, 6.45) is 11.6. The van der Waals surface area contributed by atoms with Crippen LogP contribution >= 0.6 is 0 Å². The Hall–Kier alpha value is -2.55. The summed E-state index contributed by atoms with van der Waals surface area (Å²) in [4.78, 5) is 16.1. The van der Waals surface area contributed by atoms with Crippen molar-refractivity contribution in [3.05, 3.63) is 74.6 Å². The second kappa shape index (κ2) is 10.1. The van der Waals surface area contributed by atoms with Gasteiger partial charge in [0, 0.05) is 11.3 Å². The number of nitrogens with one attached hydrogen (secondary N) is 1. The number of aryl methyl sites for hydroxylation is 1. The largest absolute Gasteiger partial charge is 0.507 e. The van der Waals surface area contributed by atoms with Gasteiger partial charge >= 0.3 is 0 Å². The molecule has 2 N–H and O–H groups in total. The van der Waals surface area contributed by atoms with Gasteiger partial charge in [-0.25, -0.2) is 0 Å². The molecular weight excluding hydrogens is 346 g/mol. The molecule has 3 heteroatoms. The van der Waals surface area contributed by atoms with E-state index in [4.69, 9.17) is 0 Å². The fraction of sp³-hybridized carbons (Fsp3) is 0.400. The van der Waals surface area contributed by atoms with Crippen molar-refractivity contribution in [2.24, 2.45) is 0 Å². The molecule has 0 saturated carbocycles. The van der Waals surface area contributed by atoms with Crippen LogP contribution in [-0.2, 0) is 6.42 Å². The van der Waals surface area contributed by atoms with Crippen molar-refractivity contribution in [2.75, 3.05) is 0 Å². The lowest BCUT2D eigenvalue weighted by Gasteiger charge is -2.08. The summed E-state index contributed by atoms with van der Waals surface area (Å²) in [5.41, 5.74) is 6.28. The average Bonchev–Trinajstić information content (AvgIpc) is 2.61. The lowest BCUT2D eigenvalue weighted by atomic mass is 10.0. The van der Waals surface area contributed by atoms with E-state index >= 15 is 0 Å². The molecule has 28 heavy (non-hydrogen) atoms. The van der Waals surface area contributed by atoms with Crippen LogP contribution in [0.15, 0.2) is 57.9 Å². The van der Waals surface area contributed by atoms with E-state index in [0.29, 0.717) is 17.3 Å². The molecule has 3 nitrogen and oxygen atoms in total. The summed E-state index contributed by atoms with van der Waals surface area (Å²) < 4.78 is 0. The van der Waals surface area contributed by atoms with Crippen LogP contribution in [0.5, 0.6) is 5.75 Å². The molecule has 0 radical (unpaired) electrons. The highest BCUT2D eigenvalue weighted by molar-refractivity contribution is 5.85. The van der Waals surface area contributed by atoms with Crippen LogP contribution in [0.1, 0.15) is 64.6 Å². The fourth-order valence-corrected chi connectivity index (χ4v) is 3.34. The molecular formula is C25H33NO2. The summed E-state index contributed by atoms with van der Waals surface area (Å²) in [6.45, 7) is 10.5. The topological polar surface area (TPSA) is 53.1 Å². The number of phenolic OH excluding ortho intramolecular Hbond substituents is 1. The molecule has 1 aromatic heterocycles. The first-order valence-corrected chi connectivity index (χ1v) is 10.1. The lowest BCUT2D eigenvalue weighted by molar-refractivity contribution is 0.481. The van der Waals surface area contributed by atoms with Gasteiger partial charge < -0.3 is 10.1 Å². The normalized spacial score (nSPS) is 12.5. The molecule has 0 atom stereocenters. The maximum absolute atomic E-state index is 12.8. The van der Waals surface area contributed by atoms with Crippen molar-refractivity contribution in [1.82, 2.24) is 4.98 Å². The minimum Gasteiger partial charge on any atom is -0.507 e. The number of fused-ring (bicyclic) bond motifs is 1. The molecule has 0 bridgehead atoms. The van der Waals surface area contributed by atoms with Crippen molar-refractivity contribution < 1.29 is 5.11 Å². The second-order valence-corrected chi connectivity index (χ2v) is 7.92. The number of hydrogen-bond donors (Lipinski definition) is 2. The highest BCUT2D eigenvalue weighted by atomic mass is 16.3. The standard InChI is InChI=1S/C25H33NO2/c1-17(2)9-6-10-18(3)11-7-12-19(4)15-16-21-20(5)26-22-13-8-14-23(27)24(22)25(21)28/h8-9,11,13-15,27H,6-7,10,12,16H2,1-5H3,(H,26,28)/b18-11+,19-15+. The Bertz CT molecular complexity index is 970. The van der Waals surface area contributed by atoms with Crippen molar-refractivity contribution in [2.45, 2.75) is 66.7 Å². The Morgan fingerprint density at radius 2 is 1.64 bits per heavy atom. The van der Waals surface area contributed by atoms with Crippen molar-refractivity contribution >= 4 is 10.9 Å².